The maximum atomic E-state index is 13.6. The number of nitrogens with one attached hydrogen (secondary N) is 1. The molecule has 0 aromatic heterocycles. The molecule has 7 heteroatoms. The standard InChI is InChI=1S/C23H29N3O4/c1-16(27)24-18-10-8-17(9-11-18)20-21(25-12-14-30-15-13-25)23(29)26(22(20)28)19-6-4-2-3-5-7-19/h8-11,19H,2-7,12-15H2,1H3,(H,24,27). The van der Waals surface area contributed by atoms with Crippen molar-refractivity contribution in [3.63, 3.8) is 0 Å². The Balaban J connectivity index is 1.70. The Morgan fingerprint density at radius 3 is 2.20 bits per heavy atom. The van der Waals surface area contributed by atoms with Crippen LogP contribution in [0.3, 0.4) is 0 Å². The van der Waals surface area contributed by atoms with Crippen LogP contribution in [0.1, 0.15) is 51.0 Å². The number of amides is 3. The van der Waals surface area contributed by atoms with Crippen molar-refractivity contribution in [3.05, 3.63) is 35.5 Å². The molecule has 0 unspecified atom stereocenters. The van der Waals surface area contributed by atoms with Gasteiger partial charge in [-0.15, -0.1) is 0 Å². The molecule has 0 radical (unpaired) electrons. The van der Waals surface area contributed by atoms with Gasteiger partial charge in [0.2, 0.25) is 5.91 Å². The average molecular weight is 412 g/mol. The van der Waals surface area contributed by atoms with Crippen molar-refractivity contribution < 1.29 is 19.1 Å². The van der Waals surface area contributed by atoms with Crippen LogP contribution < -0.4 is 5.32 Å². The molecule has 1 aliphatic carbocycles. The Labute approximate surface area is 177 Å². The van der Waals surface area contributed by atoms with E-state index in [0.29, 0.717) is 48.8 Å². The van der Waals surface area contributed by atoms with E-state index in [0.717, 1.165) is 38.5 Å². The lowest BCUT2D eigenvalue weighted by atomic mass is 10.0. The smallest absolute Gasteiger partial charge is 0.278 e. The number of morpholine rings is 1. The molecule has 4 rings (SSSR count). The highest BCUT2D eigenvalue weighted by Crippen LogP contribution is 2.36. The van der Waals surface area contributed by atoms with Gasteiger partial charge in [-0.1, -0.05) is 37.8 Å². The first kappa shape index (κ1) is 20.6. The van der Waals surface area contributed by atoms with E-state index >= 15 is 0 Å². The summed E-state index contributed by atoms with van der Waals surface area (Å²) < 4.78 is 5.46. The summed E-state index contributed by atoms with van der Waals surface area (Å²) in [6, 6.07) is 7.13. The molecule has 7 nitrogen and oxygen atoms in total. The van der Waals surface area contributed by atoms with Gasteiger partial charge in [0, 0.05) is 31.7 Å². The van der Waals surface area contributed by atoms with Gasteiger partial charge in [0.25, 0.3) is 11.8 Å². The molecule has 1 aromatic rings. The third kappa shape index (κ3) is 4.12. The number of carbonyl (C=O) groups excluding carboxylic acids is 3. The topological polar surface area (TPSA) is 79.0 Å². The van der Waals surface area contributed by atoms with Crippen molar-refractivity contribution in [1.29, 1.82) is 0 Å². The molecule has 2 aliphatic heterocycles. The minimum atomic E-state index is -0.194. The second kappa shape index (κ2) is 9.00. The summed E-state index contributed by atoms with van der Waals surface area (Å²) in [5.74, 6) is -0.516. The molecule has 3 amide bonds. The van der Waals surface area contributed by atoms with E-state index < -0.39 is 0 Å². The summed E-state index contributed by atoms with van der Waals surface area (Å²) in [5, 5.41) is 2.74. The van der Waals surface area contributed by atoms with E-state index in [1.165, 1.54) is 11.8 Å². The molecule has 30 heavy (non-hydrogen) atoms. The fourth-order valence-corrected chi connectivity index (χ4v) is 4.65. The summed E-state index contributed by atoms with van der Waals surface area (Å²) in [7, 11) is 0. The molecule has 1 saturated carbocycles. The molecular formula is C23H29N3O4. The van der Waals surface area contributed by atoms with E-state index in [2.05, 4.69) is 5.32 Å². The van der Waals surface area contributed by atoms with Crippen LogP contribution in [-0.2, 0) is 19.1 Å². The highest BCUT2D eigenvalue weighted by Gasteiger charge is 2.44. The van der Waals surface area contributed by atoms with Gasteiger partial charge in [0.1, 0.15) is 5.70 Å². The van der Waals surface area contributed by atoms with Gasteiger partial charge in [-0.2, -0.15) is 0 Å². The van der Waals surface area contributed by atoms with Crippen LogP contribution in [0, 0.1) is 0 Å². The predicted molar refractivity (Wildman–Crippen MR) is 113 cm³/mol. The number of imide groups is 1. The van der Waals surface area contributed by atoms with E-state index in [9.17, 15) is 14.4 Å². The van der Waals surface area contributed by atoms with E-state index in [1.54, 1.807) is 12.1 Å². The predicted octanol–water partition coefficient (Wildman–Crippen LogP) is 2.78. The quantitative estimate of drug-likeness (QED) is 0.609. The largest absolute Gasteiger partial charge is 0.378 e. The summed E-state index contributed by atoms with van der Waals surface area (Å²) in [5.41, 5.74) is 2.34. The lowest BCUT2D eigenvalue weighted by Crippen LogP contribution is -2.44. The molecule has 1 N–H and O–H groups in total. The SMILES string of the molecule is CC(=O)Nc1ccc(C2=C(N3CCOCC3)C(=O)N(C3CCCCCC3)C2=O)cc1. The van der Waals surface area contributed by atoms with Crippen molar-refractivity contribution in [2.75, 3.05) is 31.6 Å². The van der Waals surface area contributed by atoms with Gasteiger partial charge in [-0.25, -0.2) is 0 Å². The van der Waals surface area contributed by atoms with Crippen molar-refractivity contribution >= 4 is 29.0 Å². The van der Waals surface area contributed by atoms with Crippen LogP contribution in [0.25, 0.3) is 5.57 Å². The lowest BCUT2D eigenvalue weighted by molar-refractivity contribution is -0.140. The van der Waals surface area contributed by atoms with Crippen molar-refractivity contribution in [1.82, 2.24) is 9.80 Å². The van der Waals surface area contributed by atoms with Crippen LogP contribution in [0.4, 0.5) is 5.69 Å². The molecule has 2 heterocycles. The molecule has 0 bridgehead atoms. The highest BCUT2D eigenvalue weighted by molar-refractivity contribution is 6.35. The Hall–Kier alpha value is -2.67. The third-order valence-electron chi connectivity index (χ3n) is 6.10. The number of ether oxygens (including phenoxy) is 1. The van der Waals surface area contributed by atoms with Crippen LogP contribution in [0.5, 0.6) is 0 Å². The monoisotopic (exact) mass is 411 g/mol. The number of rotatable bonds is 4. The fourth-order valence-electron chi connectivity index (χ4n) is 4.65. The van der Waals surface area contributed by atoms with Crippen molar-refractivity contribution in [2.24, 2.45) is 0 Å². The van der Waals surface area contributed by atoms with Crippen LogP contribution in [0.15, 0.2) is 30.0 Å². The first-order valence-corrected chi connectivity index (χ1v) is 10.9. The molecule has 0 spiro atoms. The van der Waals surface area contributed by atoms with Gasteiger partial charge in [-0.3, -0.25) is 19.3 Å². The number of hydrogen-bond donors (Lipinski definition) is 1. The highest BCUT2D eigenvalue weighted by atomic mass is 16.5. The molecule has 1 saturated heterocycles. The molecule has 160 valence electrons. The van der Waals surface area contributed by atoms with E-state index in [4.69, 9.17) is 4.74 Å². The first-order valence-electron chi connectivity index (χ1n) is 10.9. The van der Waals surface area contributed by atoms with E-state index in [-0.39, 0.29) is 23.8 Å². The normalized spacial score (nSPS) is 21.2. The van der Waals surface area contributed by atoms with Crippen LogP contribution in [0.2, 0.25) is 0 Å². The van der Waals surface area contributed by atoms with Gasteiger partial charge in [0.05, 0.1) is 18.8 Å². The van der Waals surface area contributed by atoms with Crippen LogP contribution in [-0.4, -0.2) is 59.9 Å². The Bertz CT molecular complexity index is 848. The molecule has 0 atom stereocenters. The minimum Gasteiger partial charge on any atom is -0.378 e. The fraction of sp³-hybridized carbons (Fsp3) is 0.522. The molecule has 3 aliphatic rings. The zero-order chi connectivity index (χ0) is 21.1. The number of anilines is 1. The molecule has 2 fully saturated rings. The van der Waals surface area contributed by atoms with Gasteiger partial charge >= 0.3 is 0 Å². The lowest BCUT2D eigenvalue weighted by Gasteiger charge is -2.31. The van der Waals surface area contributed by atoms with Gasteiger partial charge in [-0.05, 0) is 30.5 Å². The maximum Gasteiger partial charge on any atom is 0.278 e. The number of hydrogen-bond acceptors (Lipinski definition) is 5. The van der Waals surface area contributed by atoms with Gasteiger partial charge in [0.15, 0.2) is 0 Å². The first-order chi connectivity index (χ1) is 14.6. The summed E-state index contributed by atoms with van der Waals surface area (Å²) in [6.07, 6.45) is 6.18. The number of benzene rings is 1. The second-order valence-electron chi connectivity index (χ2n) is 8.21. The maximum absolute atomic E-state index is 13.6. The summed E-state index contributed by atoms with van der Waals surface area (Å²) in [6.45, 7) is 3.74. The number of carbonyl (C=O) groups is 3. The van der Waals surface area contributed by atoms with Crippen LogP contribution >= 0.6 is 0 Å². The molecular weight excluding hydrogens is 382 g/mol. The van der Waals surface area contributed by atoms with Gasteiger partial charge < -0.3 is 15.0 Å². The Morgan fingerprint density at radius 2 is 1.60 bits per heavy atom. The van der Waals surface area contributed by atoms with Crippen molar-refractivity contribution in [2.45, 2.75) is 51.5 Å². The summed E-state index contributed by atoms with van der Waals surface area (Å²) in [4.78, 5) is 41.9. The minimum absolute atomic E-state index is 0.0281. The Morgan fingerprint density at radius 1 is 0.967 bits per heavy atom. The second-order valence-corrected chi connectivity index (χ2v) is 8.21. The average Bonchev–Trinajstić information content (AvgIpc) is 2.90. The zero-order valence-electron chi connectivity index (χ0n) is 17.5. The molecule has 1 aromatic carbocycles. The zero-order valence-corrected chi connectivity index (χ0v) is 17.5. The summed E-state index contributed by atoms with van der Waals surface area (Å²) >= 11 is 0. The number of nitrogens with zero attached hydrogens (tertiary/aromatic N) is 2. The van der Waals surface area contributed by atoms with E-state index in [1.807, 2.05) is 17.0 Å². The Kier molecular flexibility index (Phi) is 6.18. The van der Waals surface area contributed by atoms with Crippen molar-refractivity contribution in [3.8, 4) is 0 Å². The third-order valence-corrected chi connectivity index (χ3v) is 6.10.